The highest BCUT2D eigenvalue weighted by Crippen LogP contribution is 2.25. The molecular weight excluding hydrogens is 246 g/mol. The molecule has 1 aromatic heterocycles. The number of hydrogen-bond donors (Lipinski definition) is 0. The van der Waals surface area contributed by atoms with Gasteiger partial charge in [0, 0.05) is 10.9 Å². The summed E-state index contributed by atoms with van der Waals surface area (Å²) < 4.78 is 5.11. The van der Waals surface area contributed by atoms with Crippen LogP contribution in [0, 0.1) is 0 Å². The van der Waals surface area contributed by atoms with Crippen LogP contribution in [-0.4, -0.2) is 17.3 Å². The molecule has 0 N–H and O–H groups in total. The van der Waals surface area contributed by atoms with Crippen LogP contribution in [0.15, 0.2) is 29.6 Å². The highest BCUT2D eigenvalue weighted by Gasteiger charge is 2.09. The van der Waals surface area contributed by atoms with Crippen LogP contribution >= 0.6 is 22.9 Å². The Bertz CT molecular complexity index is 524. The third-order valence-electron chi connectivity index (χ3n) is 2.04. The summed E-state index contributed by atoms with van der Waals surface area (Å²) in [5.74, 6) is 0.754. The summed E-state index contributed by atoms with van der Waals surface area (Å²) in [5.41, 5.74) is 1.63. The van der Waals surface area contributed by atoms with Crippen LogP contribution < -0.4 is 4.74 Å². The second-order valence-electron chi connectivity index (χ2n) is 3.04. The summed E-state index contributed by atoms with van der Waals surface area (Å²) in [7, 11) is 1.61. The van der Waals surface area contributed by atoms with Gasteiger partial charge in [-0.2, -0.15) is 0 Å². The number of carbonyl (C=O) groups excluding carboxylic acids is 1. The van der Waals surface area contributed by atoms with Gasteiger partial charge in [-0.25, -0.2) is 4.98 Å². The minimum atomic E-state index is -0.529. The van der Waals surface area contributed by atoms with Gasteiger partial charge in [0.15, 0.2) is 5.01 Å². The number of nitrogens with zero attached hydrogens (tertiary/aromatic N) is 1. The molecule has 0 aliphatic carbocycles. The summed E-state index contributed by atoms with van der Waals surface area (Å²) in [6.45, 7) is 0. The van der Waals surface area contributed by atoms with Crippen molar-refractivity contribution in [2.24, 2.45) is 0 Å². The highest BCUT2D eigenvalue weighted by molar-refractivity contribution is 7.13. The lowest BCUT2D eigenvalue weighted by molar-refractivity contribution is 0.108. The van der Waals surface area contributed by atoms with Crippen molar-refractivity contribution in [1.82, 2.24) is 4.98 Å². The Morgan fingerprint density at radius 3 is 2.94 bits per heavy atom. The fourth-order valence-corrected chi connectivity index (χ4v) is 2.11. The van der Waals surface area contributed by atoms with Gasteiger partial charge in [0.1, 0.15) is 5.75 Å². The Hall–Kier alpha value is -1.39. The van der Waals surface area contributed by atoms with Crippen molar-refractivity contribution in [1.29, 1.82) is 0 Å². The zero-order valence-corrected chi connectivity index (χ0v) is 10.0. The van der Waals surface area contributed by atoms with Gasteiger partial charge in [-0.05, 0) is 23.7 Å². The van der Waals surface area contributed by atoms with Gasteiger partial charge in [0.25, 0.3) is 5.24 Å². The summed E-state index contributed by atoms with van der Waals surface area (Å²) >= 11 is 6.58. The van der Waals surface area contributed by atoms with Crippen LogP contribution in [0.2, 0.25) is 0 Å². The van der Waals surface area contributed by atoms with Gasteiger partial charge >= 0.3 is 0 Å². The fourth-order valence-electron chi connectivity index (χ4n) is 1.28. The van der Waals surface area contributed by atoms with E-state index in [1.54, 1.807) is 12.5 Å². The maximum absolute atomic E-state index is 10.9. The molecule has 1 heterocycles. The van der Waals surface area contributed by atoms with Gasteiger partial charge in [0.2, 0.25) is 0 Å². The minimum absolute atomic E-state index is 0.305. The molecule has 2 aromatic rings. The smallest absolute Gasteiger partial charge is 0.281 e. The second-order valence-corrected chi connectivity index (χ2v) is 4.24. The Kier molecular flexibility index (Phi) is 3.22. The van der Waals surface area contributed by atoms with Crippen LogP contribution in [0.5, 0.6) is 5.75 Å². The molecule has 0 aliphatic heterocycles. The zero-order valence-electron chi connectivity index (χ0n) is 8.44. The molecular formula is C11H8ClNO2S. The normalized spacial score (nSPS) is 10.1. The number of benzene rings is 1. The molecule has 0 radical (unpaired) electrons. The monoisotopic (exact) mass is 253 g/mol. The van der Waals surface area contributed by atoms with Crippen molar-refractivity contribution in [2.45, 2.75) is 0 Å². The first-order valence-electron chi connectivity index (χ1n) is 4.50. The molecule has 0 unspecified atom stereocenters. The summed E-state index contributed by atoms with van der Waals surface area (Å²) in [6, 6.07) is 7.48. The Morgan fingerprint density at radius 1 is 1.50 bits per heavy atom. The molecule has 0 bridgehead atoms. The van der Waals surface area contributed by atoms with E-state index < -0.39 is 5.24 Å². The van der Waals surface area contributed by atoms with E-state index in [0.717, 1.165) is 17.0 Å². The Morgan fingerprint density at radius 2 is 2.31 bits per heavy atom. The summed E-state index contributed by atoms with van der Waals surface area (Å²) in [6.07, 6.45) is 0. The molecule has 2 rings (SSSR count). The summed E-state index contributed by atoms with van der Waals surface area (Å²) in [4.78, 5) is 15.0. The summed E-state index contributed by atoms with van der Waals surface area (Å²) in [5, 5.41) is 1.57. The first-order chi connectivity index (χ1) is 7.70. The van der Waals surface area contributed by atoms with E-state index in [9.17, 15) is 4.79 Å². The van der Waals surface area contributed by atoms with Crippen molar-refractivity contribution in [2.75, 3.05) is 7.11 Å². The fraction of sp³-hybridized carbons (Fsp3) is 0.0909. The van der Waals surface area contributed by atoms with Gasteiger partial charge in [0.05, 0.1) is 12.8 Å². The number of rotatable bonds is 3. The van der Waals surface area contributed by atoms with Crippen molar-refractivity contribution in [3.05, 3.63) is 34.7 Å². The molecule has 0 atom stereocenters. The SMILES string of the molecule is COc1cccc(-c2csc(C(=O)Cl)n2)c1. The minimum Gasteiger partial charge on any atom is -0.497 e. The molecule has 16 heavy (non-hydrogen) atoms. The molecule has 3 nitrogen and oxygen atoms in total. The molecule has 0 aliphatic rings. The standard InChI is InChI=1S/C11H8ClNO2S/c1-15-8-4-2-3-7(5-8)9-6-16-11(13-9)10(12)14/h2-6H,1H3. The number of methoxy groups -OCH3 is 1. The number of ether oxygens (including phenoxy) is 1. The number of carbonyl (C=O) groups is 1. The van der Waals surface area contributed by atoms with Crippen LogP contribution in [-0.2, 0) is 0 Å². The molecule has 5 heteroatoms. The first kappa shape index (κ1) is 11.1. The van der Waals surface area contributed by atoms with Crippen molar-refractivity contribution >= 4 is 28.2 Å². The van der Waals surface area contributed by atoms with Crippen LogP contribution in [0.4, 0.5) is 0 Å². The topological polar surface area (TPSA) is 39.2 Å². The van der Waals surface area contributed by atoms with E-state index >= 15 is 0 Å². The Labute approximate surface area is 102 Å². The van der Waals surface area contributed by atoms with Crippen molar-refractivity contribution < 1.29 is 9.53 Å². The maximum Gasteiger partial charge on any atom is 0.281 e. The molecule has 1 aromatic carbocycles. The van der Waals surface area contributed by atoms with Gasteiger partial charge in [-0.3, -0.25) is 4.79 Å². The quantitative estimate of drug-likeness (QED) is 0.789. The average Bonchev–Trinajstić information content (AvgIpc) is 2.78. The van der Waals surface area contributed by atoms with E-state index in [1.165, 1.54) is 11.3 Å². The van der Waals surface area contributed by atoms with Crippen LogP contribution in [0.25, 0.3) is 11.3 Å². The molecule has 0 spiro atoms. The zero-order chi connectivity index (χ0) is 11.5. The molecule has 0 saturated heterocycles. The lowest BCUT2D eigenvalue weighted by Gasteiger charge is -2.01. The van der Waals surface area contributed by atoms with E-state index in [2.05, 4.69) is 4.98 Å². The third-order valence-corrected chi connectivity index (χ3v) is 3.17. The maximum atomic E-state index is 10.9. The third kappa shape index (κ3) is 2.23. The number of thiazole rings is 1. The molecule has 0 amide bonds. The van der Waals surface area contributed by atoms with E-state index in [4.69, 9.17) is 16.3 Å². The van der Waals surface area contributed by atoms with Crippen molar-refractivity contribution in [3.63, 3.8) is 0 Å². The predicted molar refractivity (Wildman–Crippen MR) is 64.3 cm³/mol. The van der Waals surface area contributed by atoms with Crippen molar-refractivity contribution in [3.8, 4) is 17.0 Å². The van der Waals surface area contributed by atoms with Gasteiger partial charge in [-0.15, -0.1) is 11.3 Å². The first-order valence-corrected chi connectivity index (χ1v) is 5.76. The van der Waals surface area contributed by atoms with Gasteiger partial charge < -0.3 is 4.74 Å². The second kappa shape index (κ2) is 4.63. The number of hydrogen-bond acceptors (Lipinski definition) is 4. The predicted octanol–water partition coefficient (Wildman–Crippen LogP) is 3.20. The number of aromatic nitrogens is 1. The molecule has 82 valence electrons. The Balaban J connectivity index is 2.38. The molecule has 0 fully saturated rings. The van der Waals surface area contributed by atoms with E-state index in [1.807, 2.05) is 24.3 Å². The lowest BCUT2D eigenvalue weighted by atomic mass is 10.2. The van der Waals surface area contributed by atoms with E-state index in [0.29, 0.717) is 5.01 Å². The van der Waals surface area contributed by atoms with Gasteiger partial charge in [-0.1, -0.05) is 12.1 Å². The highest BCUT2D eigenvalue weighted by atomic mass is 35.5. The molecule has 0 saturated carbocycles. The average molecular weight is 254 g/mol. The van der Waals surface area contributed by atoms with Crippen LogP contribution in [0.1, 0.15) is 9.80 Å². The van der Waals surface area contributed by atoms with Crippen LogP contribution in [0.3, 0.4) is 0 Å². The number of halogens is 1. The lowest BCUT2D eigenvalue weighted by Crippen LogP contribution is -1.87. The largest absolute Gasteiger partial charge is 0.497 e. The van der Waals surface area contributed by atoms with E-state index in [-0.39, 0.29) is 0 Å².